The van der Waals surface area contributed by atoms with Crippen molar-refractivity contribution in [2.45, 2.75) is 12.8 Å². The van der Waals surface area contributed by atoms with Crippen LogP contribution in [0.2, 0.25) is 0 Å². The SMILES string of the molecule is CC(C(=O)O)c1ccc(-n2cc(F)cn2)nc1. The molecular weight excluding hydrogens is 225 g/mol. The Balaban J connectivity index is 2.27. The molecule has 2 heterocycles. The van der Waals surface area contributed by atoms with Crippen molar-refractivity contribution >= 4 is 5.97 Å². The molecule has 88 valence electrons. The normalized spacial score (nSPS) is 12.4. The summed E-state index contributed by atoms with van der Waals surface area (Å²) >= 11 is 0. The molecule has 2 aromatic heterocycles. The Morgan fingerprint density at radius 2 is 2.24 bits per heavy atom. The van der Waals surface area contributed by atoms with Crippen LogP contribution in [-0.2, 0) is 4.79 Å². The van der Waals surface area contributed by atoms with Gasteiger partial charge in [-0.3, -0.25) is 4.79 Å². The summed E-state index contributed by atoms with van der Waals surface area (Å²) in [5.74, 6) is -1.54. The third-order valence-electron chi connectivity index (χ3n) is 2.43. The van der Waals surface area contributed by atoms with E-state index >= 15 is 0 Å². The number of aromatic nitrogens is 3. The van der Waals surface area contributed by atoms with Gasteiger partial charge in [-0.1, -0.05) is 6.07 Å². The van der Waals surface area contributed by atoms with Crippen LogP contribution in [0.25, 0.3) is 5.82 Å². The highest BCUT2D eigenvalue weighted by Gasteiger charge is 2.14. The standard InChI is InChI=1S/C11H10FN3O2/c1-7(11(16)17)8-2-3-10(13-4-8)15-6-9(12)5-14-15/h2-7H,1H3,(H,16,17). The van der Waals surface area contributed by atoms with Crippen molar-refractivity contribution in [2.75, 3.05) is 0 Å². The molecule has 1 N–H and O–H groups in total. The molecule has 0 spiro atoms. The van der Waals surface area contributed by atoms with E-state index in [1.807, 2.05) is 0 Å². The molecule has 1 atom stereocenters. The fourth-order valence-corrected chi connectivity index (χ4v) is 1.36. The zero-order valence-corrected chi connectivity index (χ0v) is 9.04. The molecule has 0 radical (unpaired) electrons. The molecule has 1 unspecified atom stereocenters. The van der Waals surface area contributed by atoms with E-state index in [0.29, 0.717) is 11.4 Å². The number of nitrogens with zero attached hydrogens (tertiary/aromatic N) is 3. The lowest BCUT2D eigenvalue weighted by atomic mass is 10.0. The lowest BCUT2D eigenvalue weighted by Crippen LogP contribution is -2.08. The van der Waals surface area contributed by atoms with Crippen LogP contribution >= 0.6 is 0 Å². The van der Waals surface area contributed by atoms with Gasteiger partial charge in [0.25, 0.3) is 0 Å². The van der Waals surface area contributed by atoms with Crippen molar-refractivity contribution in [2.24, 2.45) is 0 Å². The average molecular weight is 235 g/mol. The second-order valence-electron chi connectivity index (χ2n) is 3.61. The number of hydrogen-bond donors (Lipinski definition) is 1. The summed E-state index contributed by atoms with van der Waals surface area (Å²) in [6, 6.07) is 3.24. The van der Waals surface area contributed by atoms with Gasteiger partial charge in [-0.05, 0) is 18.6 Å². The van der Waals surface area contributed by atoms with Crippen molar-refractivity contribution in [3.8, 4) is 5.82 Å². The van der Waals surface area contributed by atoms with Gasteiger partial charge in [0.1, 0.15) is 0 Å². The molecule has 0 saturated heterocycles. The van der Waals surface area contributed by atoms with E-state index in [1.165, 1.54) is 17.1 Å². The molecular formula is C11H10FN3O2. The van der Waals surface area contributed by atoms with Crippen LogP contribution < -0.4 is 0 Å². The van der Waals surface area contributed by atoms with Crippen LogP contribution in [-0.4, -0.2) is 25.8 Å². The fraction of sp³-hybridized carbons (Fsp3) is 0.182. The van der Waals surface area contributed by atoms with E-state index in [0.717, 1.165) is 6.20 Å². The minimum Gasteiger partial charge on any atom is -0.481 e. The molecule has 0 aliphatic heterocycles. The van der Waals surface area contributed by atoms with E-state index in [1.54, 1.807) is 19.1 Å². The summed E-state index contributed by atoms with van der Waals surface area (Å²) in [4.78, 5) is 14.8. The Morgan fingerprint density at radius 1 is 1.47 bits per heavy atom. The molecule has 0 amide bonds. The maximum absolute atomic E-state index is 12.7. The summed E-state index contributed by atoms with van der Waals surface area (Å²) in [5, 5.41) is 12.6. The highest BCUT2D eigenvalue weighted by molar-refractivity contribution is 5.75. The third-order valence-corrected chi connectivity index (χ3v) is 2.43. The molecule has 0 aliphatic carbocycles. The van der Waals surface area contributed by atoms with Gasteiger partial charge in [0, 0.05) is 6.20 Å². The number of rotatable bonds is 3. The molecule has 0 bridgehead atoms. The summed E-state index contributed by atoms with van der Waals surface area (Å²) in [7, 11) is 0. The predicted molar refractivity (Wildman–Crippen MR) is 57.4 cm³/mol. The summed E-state index contributed by atoms with van der Waals surface area (Å²) in [6.45, 7) is 1.58. The first kappa shape index (κ1) is 11.3. The number of carboxylic acids is 1. The van der Waals surface area contributed by atoms with Crippen LogP contribution in [0, 0.1) is 5.82 Å². The Kier molecular flexibility index (Phi) is 2.86. The van der Waals surface area contributed by atoms with E-state index in [9.17, 15) is 9.18 Å². The summed E-state index contributed by atoms with van der Waals surface area (Å²) < 4.78 is 14.0. The van der Waals surface area contributed by atoms with E-state index < -0.39 is 17.7 Å². The van der Waals surface area contributed by atoms with Crippen molar-refractivity contribution in [3.63, 3.8) is 0 Å². The fourth-order valence-electron chi connectivity index (χ4n) is 1.36. The lowest BCUT2D eigenvalue weighted by molar-refractivity contribution is -0.138. The van der Waals surface area contributed by atoms with Crippen molar-refractivity contribution < 1.29 is 14.3 Å². The maximum atomic E-state index is 12.7. The molecule has 6 heteroatoms. The number of pyridine rings is 1. The van der Waals surface area contributed by atoms with Crippen LogP contribution in [0.1, 0.15) is 18.4 Å². The first-order valence-electron chi connectivity index (χ1n) is 4.97. The third kappa shape index (κ3) is 2.30. The second-order valence-corrected chi connectivity index (χ2v) is 3.61. The summed E-state index contributed by atoms with van der Waals surface area (Å²) in [5.41, 5.74) is 0.592. The highest BCUT2D eigenvalue weighted by atomic mass is 19.1. The molecule has 5 nitrogen and oxygen atoms in total. The lowest BCUT2D eigenvalue weighted by Gasteiger charge is -2.06. The Labute approximate surface area is 96.5 Å². The predicted octanol–water partition coefficient (Wildman–Crippen LogP) is 1.59. The van der Waals surface area contributed by atoms with Crippen LogP contribution in [0.15, 0.2) is 30.7 Å². The molecule has 2 aromatic rings. The van der Waals surface area contributed by atoms with Crippen molar-refractivity contribution in [3.05, 3.63) is 42.1 Å². The van der Waals surface area contributed by atoms with Crippen molar-refractivity contribution in [1.29, 1.82) is 0 Å². The topological polar surface area (TPSA) is 68.0 Å². The average Bonchev–Trinajstić information content (AvgIpc) is 2.75. The van der Waals surface area contributed by atoms with Gasteiger partial charge in [0.15, 0.2) is 11.6 Å². The monoisotopic (exact) mass is 235 g/mol. The van der Waals surface area contributed by atoms with Crippen molar-refractivity contribution in [1.82, 2.24) is 14.8 Å². The van der Waals surface area contributed by atoms with E-state index in [4.69, 9.17) is 5.11 Å². The largest absolute Gasteiger partial charge is 0.481 e. The molecule has 17 heavy (non-hydrogen) atoms. The number of carbonyl (C=O) groups is 1. The first-order chi connectivity index (χ1) is 8.08. The molecule has 0 aliphatic rings. The first-order valence-corrected chi connectivity index (χ1v) is 4.97. The quantitative estimate of drug-likeness (QED) is 0.877. The van der Waals surface area contributed by atoms with Gasteiger partial charge in [-0.15, -0.1) is 0 Å². The Hall–Kier alpha value is -2.24. The smallest absolute Gasteiger partial charge is 0.310 e. The van der Waals surface area contributed by atoms with Gasteiger partial charge in [-0.25, -0.2) is 14.1 Å². The molecule has 0 saturated carbocycles. The maximum Gasteiger partial charge on any atom is 0.310 e. The van der Waals surface area contributed by atoms with Gasteiger partial charge < -0.3 is 5.11 Å². The zero-order valence-electron chi connectivity index (χ0n) is 9.04. The van der Waals surface area contributed by atoms with Gasteiger partial charge in [0.05, 0.1) is 18.3 Å². The van der Waals surface area contributed by atoms with Crippen LogP contribution in [0.3, 0.4) is 0 Å². The number of halogens is 1. The molecule has 2 rings (SSSR count). The number of aliphatic carboxylic acids is 1. The van der Waals surface area contributed by atoms with Gasteiger partial charge >= 0.3 is 5.97 Å². The molecule has 0 aromatic carbocycles. The Morgan fingerprint density at radius 3 is 2.71 bits per heavy atom. The van der Waals surface area contributed by atoms with Gasteiger partial charge in [-0.2, -0.15) is 5.10 Å². The minimum atomic E-state index is -0.912. The van der Waals surface area contributed by atoms with Crippen LogP contribution in [0.4, 0.5) is 4.39 Å². The Bertz CT molecular complexity index is 536. The molecule has 0 fully saturated rings. The zero-order chi connectivity index (χ0) is 12.4. The summed E-state index contributed by atoms with van der Waals surface area (Å²) in [6.07, 6.45) is 3.73. The number of hydrogen-bond acceptors (Lipinski definition) is 3. The second kappa shape index (κ2) is 4.32. The minimum absolute atomic E-state index is 0.440. The number of carboxylic acid groups (broad SMARTS) is 1. The van der Waals surface area contributed by atoms with Crippen LogP contribution in [0.5, 0.6) is 0 Å². The van der Waals surface area contributed by atoms with E-state index in [2.05, 4.69) is 10.1 Å². The van der Waals surface area contributed by atoms with E-state index in [-0.39, 0.29) is 0 Å². The van der Waals surface area contributed by atoms with Gasteiger partial charge in [0.2, 0.25) is 0 Å². The highest BCUT2D eigenvalue weighted by Crippen LogP contribution is 2.15.